The largest absolute Gasteiger partial charge is 0.383 e. The van der Waals surface area contributed by atoms with E-state index in [9.17, 15) is 4.79 Å². The van der Waals surface area contributed by atoms with Crippen molar-refractivity contribution in [1.82, 2.24) is 15.1 Å². The Balaban J connectivity index is 1.32. The van der Waals surface area contributed by atoms with E-state index in [0.29, 0.717) is 19.8 Å². The summed E-state index contributed by atoms with van der Waals surface area (Å²) in [6.45, 7) is 6.43. The highest BCUT2D eigenvalue weighted by Crippen LogP contribution is 2.36. The molecule has 1 atom stereocenters. The molecule has 2 aliphatic heterocycles. The summed E-state index contributed by atoms with van der Waals surface area (Å²) in [7, 11) is 1.65. The molecule has 1 amide bonds. The number of ether oxygens (including phenoxy) is 2. The highest BCUT2D eigenvalue weighted by Gasteiger charge is 2.51. The van der Waals surface area contributed by atoms with Crippen LogP contribution in [0.5, 0.6) is 0 Å². The predicted octanol–water partition coefficient (Wildman–Crippen LogP) is 1.18. The minimum Gasteiger partial charge on any atom is -0.383 e. The lowest BCUT2D eigenvalue weighted by Crippen LogP contribution is -2.72. The topological polar surface area (TPSA) is 54.0 Å². The Labute approximate surface area is 159 Å². The van der Waals surface area contributed by atoms with E-state index < -0.39 is 0 Å². The highest BCUT2D eigenvalue weighted by molar-refractivity contribution is 7.09. The maximum Gasteiger partial charge on any atom is 0.239 e. The van der Waals surface area contributed by atoms with Crippen LogP contribution >= 0.6 is 11.3 Å². The highest BCUT2D eigenvalue weighted by atomic mass is 32.1. The molecule has 6 nitrogen and oxygen atoms in total. The molecule has 144 valence electrons. The van der Waals surface area contributed by atoms with Crippen molar-refractivity contribution in [3.8, 4) is 0 Å². The molecule has 0 bridgehead atoms. The third-order valence-corrected chi connectivity index (χ3v) is 6.42. The molecule has 1 spiro atoms. The Bertz CT molecular complexity index is 599. The van der Waals surface area contributed by atoms with Crippen LogP contribution in [0.4, 0.5) is 0 Å². The number of carbonyl (C=O) groups excluding carboxylic acids is 1. The number of nitrogens with one attached hydrogen (secondary N) is 1. The third-order valence-electron chi connectivity index (χ3n) is 5.56. The van der Waals surface area contributed by atoms with Crippen LogP contribution in [-0.2, 0) is 20.8 Å². The first-order chi connectivity index (χ1) is 12.7. The number of carbonyl (C=O) groups is 1. The quantitative estimate of drug-likeness (QED) is 0.688. The summed E-state index contributed by atoms with van der Waals surface area (Å²) in [6, 6.07) is 4.14. The van der Waals surface area contributed by atoms with Gasteiger partial charge in [-0.3, -0.25) is 14.6 Å². The van der Waals surface area contributed by atoms with Gasteiger partial charge >= 0.3 is 0 Å². The second-order valence-corrected chi connectivity index (χ2v) is 8.92. The monoisotopic (exact) mass is 379 g/mol. The fourth-order valence-electron chi connectivity index (χ4n) is 4.04. The molecule has 7 heteroatoms. The van der Waals surface area contributed by atoms with E-state index >= 15 is 0 Å². The average Bonchev–Trinajstić information content (AvgIpc) is 3.26. The molecule has 0 aromatic carbocycles. The van der Waals surface area contributed by atoms with Crippen LogP contribution < -0.4 is 5.32 Å². The van der Waals surface area contributed by atoms with Crippen LogP contribution in [0.3, 0.4) is 0 Å². The zero-order chi connectivity index (χ0) is 18.0. The molecular weight excluding hydrogens is 350 g/mol. The Kier molecular flexibility index (Phi) is 5.61. The first-order valence-corrected chi connectivity index (χ1v) is 10.4. The van der Waals surface area contributed by atoms with Crippen LogP contribution in [0.2, 0.25) is 0 Å². The summed E-state index contributed by atoms with van der Waals surface area (Å²) in [6.07, 6.45) is 2.60. The number of rotatable bonds is 8. The SMILES string of the molecule is COCCNC(=O)[C@@H]1COC2(CN(Cc3cccs3)C2)CN1CC1CC1. The third kappa shape index (κ3) is 4.28. The summed E-state index contributed by atoms with van der Waals surface area (Å²) in [5.41, 5.74) is -0.0878. The van der Waals surface area contributed by atoms with Crippen LogP contribution in [0, 0.1) is 5.92 Å². The van der Waals surface area contributed by atoms with Crippen molar-refractivity contribution in [2.45, 2.75) is 31.0 Å². The molecule has 1 aromatic heterocycles. The number of likely N-dealkylation sites (tertiary alicyclic amines) is 1. The Morgan fingerprint density at radius 1 is 1.42 bits per heavy atom. The number of hydrogen-bond acceptors (Lipinski definition) is 6. The van der Waals surface area contributed by atoms with Crippen LogP contribution in [-0.4, -0.2) is 80.4 Å². The van der Waals surface area contributed by atoms with E-state index in [2.05, 4.69) is 32.6 Å². The van der Waals surface area contributed by atoms with E-state index in [-0.39, 0.29) is 17.6 Å². The number of hydrogen-bond donors (Lipinski definition) is 1. The zero-order valence-corrected chi connectivity index (χ0v) is 16.3. The lowest BCUT2D eigenvalue weighted by Gasteiger charge is -2.55. The first kappa shape index (κ1) is 18.4. The van der Waals surface area contributed by atoms with Crippen molar-refractivity contribution in [2.75, 3.05) is 53.0 Å². The second kappa shape index (κ2) is 7.94. The van der Waals surface area contributed by atoms with E-state index in [0.717, 1.165) is 38.6 Å². The number of morpholine rings is 1. The summed E-state index contributed by atoms with van der Waals surface area (Å²) >= 11 is 1.81. The van der Waals surface area contributed by atoms with Gasteiger partial charge in [0, 0.05) is 51.3 Å². The minimum absolute atomic E-state index is 0.0762. The summed E-state index contributed by atoms with van der Waals surface area (Å²) in [5.74, 6) is 0.842. The molecule has 3 fully saturated rings. The number of methoxy groups -OCH3 is 1. The van der Waals surface area contributed by atoms with Gasteiger partial charge in [0.25, 0.3) is 0 Å². The lowest BCUT2D eigenvalue weighted by atomic mass is 9.90. The Morgan fingerprint density at radius 2 is 2.27 bits per heavy atom. The summed E-state index contributed by atoms with van der Waals surface area (Å²) in [4.78, 5) is 18.8. The van der Waals surface area contributed by atoms with Gasteiger partial charge in [-0.15, -0.1) is 11.3 Å². The zero-order valence-electron chi connectivity index (χ0n) is 15.5. The van der Waals surface area contributed by atoms with Gasteiger partial charge in [-0.1, -0.05) is 6.07 Å². The standard InChI is InChI=1S/C19H29N3O3S/c1-24-7-6-20-18(23)17-11-25-19(14-22(17)9-15-4-5-15)12-21(13-19)10-16-3-2-8-26-16/h2-3,8,15,17H,4-7,9-14H2,1H3,(H,20,23)/t17-/m0/s1. The molecule has 3 aliphatic rings. The average molecular weight is 380 g/mol. The van der Waals surface area contributed by atoms with Gasteiger partial charge in [0.05, 0.1) is 13.2 Å². The molecule has 3 heterocycles. The second-order valence-electron chi connectivity index (χ2n) is 7.89. The van der Waals surface area contributed by atoms with E-state index in [1.807, 2.05) is 11.3 Å². The van der Waals surface area contributed by atoms with E-state index in [4.69, 9.17) is 9.47 Å². The molecule has 1 aliphatic carbocycles. The van der Waals surface area contributed by atoms with Gasteiger partial charge < -0.3 is 14.8 Å². The van der Waals surface area contributed by atoms with Crippen molar-refractivity contribution in [3.05, 3.63) is 22.4 Å². The predicted molar refractivity (Wildman–Crippen MR) is 101 cm³/mol. The molecular formula is C19H29N3O3S. The smallest absolute Gasteiger partial charge is 0.239 e. The molecule has 4 rings (SSSR count). The molecule has 1 N–H and O–H groups in total. The molecule has 1 saturated carbocycles. The molecule has 2 saturated heterocycles. The number of amides is 1. The Morgan fingerprint density at radius 3 is 2.96 bits per heavy atom. The van der Waals surface area contributed by atoms with Gasteiger partial charge in [0.1, 0.15) is 11.6 Å². The van der Waals surface area contributed by atoms with Crippen LogP contribution in [0.25, 0.3) is 0 Å². The van der Waals surface area contributed by atoms with Gasteiger partial charge in [-0.05, 0) is 30.2 Å². The fraction of sp³-hybridized carbons (Fsp3) is 0.737. The lowest BCUT2D eigenvalue weighted by molar-refractivity contribution is -0.203. The van der Waals surface area contributed by atoms with Crippen molar-refractivity contribution in [1.29, 1.82) is 0 Å². The minimum atomic E-state index is -0.163. The van der Waals surface area contributed by atoms with Gasteiger partial charge in [0.15, 0.2) is 0 Å². The van der Waals surface area contributed by atoms with Gasteiger partial charge in [0.2, 0.25) is 5.91 Å². The maximum absolute atomic E-state index is 12.6. The molecule has 1 aromatic rings. The molecule has 0 unspecified atom stereocenters. The Hall–Kier alpha value is -0.990. The van der Waals surface area contributed by atoms with Crippen molar-refractivity contribution in [3.63, 3.8) is 0 Å². The summed E-state index contributed by atoms with van der Waals surface area (Å²) < 4.78 is 11.3. The summed E-state index contributed by atoms with van der Waals surface area (Å²) in [5, 5.41) is 5.12. The van der Waals surface area contributed by atoms with Crippen molar-refractivity contribution in [2.24, 2.45) is 5.92 Å². The van der Waals surface area contributed by atoms with Crippen molar-refractivity contribution >= 4 is 17.2 Å². The van der Waals surface area contributed by atoms with E-state index in [1.54, 1.807) is 7.11 Å². The normalized spacial score (nSPS) is 26.0. The first-order valence-electron chi connectivity index (χ1n) is 9.57. The van der Waals surface area contributed by atoms with E-state index in [1.165, 1.54) is 17.7 Å². The van der Waals surface area contributed by atoms with Crippen LogP contribution in [0.15, 0.2) is 17.5 Å². The maximum atomic E-state index is 12.6. The molecule has 26 heavy (non-hydrogen) atoms. The molecule has 0 radical (unpaired) electrons. The number of thiophene rings is 1. The van der Waals surface area contributed by atoms with Gasteiger partial charge in [-0.25, -0.2) is 0 Å². The van der Waals surface area contributed by atoms with Crippen molar-refractivity contribution < 1.29 is 14.3 Å². The van der Waals surface area contributed by atoms with Gasteiger partial charge in [-0.2, -0.15) is 0 Å². The number of nitrogens with zero attached hydrogens (tertiary/aromatic N) is 2. The van der Waals surface area contributed by atoms with Crippen LogP contribution in [0.1, 0.15) is 17.7 Å². The fourth-order valence-corrected chi connectivity index (χ4v) is 4.79.